The molecule has 0 bridgehead atoms. The molecule has 1 N–H and O–H groups in total. The van der Waals surface area contributed by atoms with Gasteiger partial charge < -0.3 is 5.11 Å². The molecule has 0 saturated carbocycles. The standard InChI is InChI=1S/C12H11Cl2NO3S2/c1-2-15(8-4-3-5-9(16)6-8)20(17,18)10-7-11(13)19-12(10)14/h3-7,16H,2H2,1H3. The maximum Gasteiger partial charge on any atom is 0.266 e. The van der Waals surface area contributed by atoms with E-state index in [-0.39, 0.29) is 21.5 Å². The summed E-state index contributed by atoms with van der Waals surface area (Å²) in [5.41, 5.74) is 0.367. The van der Waals surface area contributed by atoms with Gasteiger partial charge in [-0.2, -0.15) is 0 Å². The Balaban J connectivity index is 2.53. The number of rotatable bonds is 4. The summed E-state index contributed by atoms with van der Waals surface area (Å²) in [6, 6.07) is 7.35. The Kier molecular flexibility index (Phi) is 4.49. The van der Waals surface area contributed by atoms with Gasteiger partial charge in [-0.3, -0.25) is 4.31 Å². The van der Waals surface area contributed by atoms with E-state index in [2.05, 4.69) is 0 Å². The Morgan fingerprint density at radius 2 is 2.00 bits per heavy atom. The van der Waals surface area contributed by atoms with Gasteiger partial charge in [-0.15, -0.1) is 11.3 Å². The zero-order valence-electron chi connectivity index (χ0n) is 10.4. The van der Waals surface area contributed by atoms with Crippen LogP contribution in [0.15, 0.2) is 35.2 Å². The monoisotopic (exact) mass is 351 g/mol. The van der Waals surface area contributed by atoms with E-state index in [9.17, 15) is 13.5 Å². The second-order valence-electron chi connectivity index (χ2n) is 3.88. The molecule has 1 aromatic heterocycles. The molecule has 4 nitrogen and oxygen atoms in total. The number of hydrogen-bond acceptors (Lipinski definition) is 4. The molecule has 0 amide bonds. The van der Waals surface area contributed by atoms with Gasteiger partial charge in [-0.25, -0.2) is 8.42 Å². The molecule has 0 aliphatic heterocycles. The molecule has 2 rings (SSSR count). The third kappa shape index (κ3) is 2.88. The minimum Gasteiger partial charge on any atom is -0.508 e. The normalized spacial score (nSPS) is 11.6. The van der Waals surface area contributed by atoms with Crippen molar-refractivity contribution in [1.29, 1.82) is 0 Å². The van der Waals surface area contributed by atoms with Crippen molar-refractivity contribution in [3.63, 3.8) is 0 Å². The molecule has 0 unspecified atom stereocenters. The van der Waals surface area contributed by atoms with Crippen molar-refractivity contribution >= 4 is 50.2 Å². The van der Waals surface area contributed by atoms with Crippen molar-refractivity contribution in [3.8, 4) is 5.75 Å². The van der Waals surface area contributed by atoms with Crippen molar-refractivity contribution in [3.05, 3.63) is 39.0 Å². The van der Waals surface area contributed by atoms with Crippen LogP contribution in [0.3, 0.4) is 0 Å². The average molecular weight is 352 g/mol. The Bertz CT molecular complexity index is 728. The zero-order valence-corrected chi connectivity index (χ0v) is 13.5. The average Bonchev–Trinajstić information content (AvgIpc) is 2.70. The molecule has 0 aliphatic rings. The lowest BCUT2D eigenvalue weighted by atomic mass is 10.3. The van der Waals surface area contributed by atoms with E-state index in [0.717, 1.165) is 15.6 Å². The van der Waals surface area contributed by atoms with Crippen LogP contribution in [0.1, 0.15) is 6.92 Å². The highest BCUT2D eigenvalue weighted by Gasteiger charge is 2.28. The SMILES string of the molecule is CCN(c1cccc(O)c1)S(=O)(=O)c1cc(Cl)sc1Cl. The van der Waals surface area contributed by atoms with Gasteiger partial charge in [0, 0.05) is 12.6 Å². The predicted octanol–water partition coefficient (Wildman–Crippen LogP) is 3.98. The number of halogens is 2. The van der Waals surface area contributed by atoms with Crippen molar-refractivity contribution in [2.75, 3.05) is 10.8 Å². The fraction of sp³-hybridized carbons (Fsp3) is 0.167. The smallest absolute Gasteiger partial charge is 0.266 e. The van der Waals surface area contributed by atoms with Crippen molar-refractivity contribution < 1.29 is 13.5 Å². The number of anilines is 1. The summed E-state index contributed by atoms with van der Waals surface area (Å²) in [6.07, 6.45) is 0. The minimum absolute atomic E-state index is 0.00871. The number of sulfonamides is 1. The van der Waals surface area contributed by atoms with Crippen LogP contribution in [0.4, 0.5) is 5.69 Å². The molecule has 20 heavy (non-hydrogen) atoms. The van der Waals surface area contributed by atoms with Crippen molar-refractivity contribution in [2.24, 2.45) is 0 Å². The summed E-state index contributed by atoms with van der Waals surface area (Å²) in [5.74, 6) is -0.00871. The highest BCUT2D eigenvalue weighted by atomic mass is 35.5. The van der Waals surface area contributed by atoms with Crippen LogP contribution in [-0.4, -0.2) is 20.1 Å². The minimum atomic E-state index is -3.81. The van der Waals surface area contributed by atoms with Gasteiger partial charge in [0.1, 0.15) is 15.0 Å². The van der Waals surface area contributed by atoms with Gasteiger partial charge in [0.25, 0.3) is 10.0 Å². The Labute approximate surface area is 131 Å². The Hall–Kier alpha value is -0.950. The molecular weight excluding hydrogens is 341 g/mol. The summed E-state index contributed by atoms with van der Waals surface area (Å²) in [4.78, 5) is -0.0284. The van der Waals surface area contributed by atoms with Crippen molar-refractivity contribution in [1.82, 2.24) is 0 Å². The molecule has 0 spiro atoms. The van der Waals surface area contributed by atoms with E-state index in [4.69, 9.17) is 23.2 Å². The molecule has 0 saturated heterocycles. The van der Waals surface area contributed by atoms with E-state index in [0.29, 0.717) is 10.0 Å². The molecule has 8 heteroatoms. The fourth-order valence-electron chi connectivity index (χ4n) is 1.76. The lowest BCUT2D eigenvalue weighted by molar-refractivity contribution is 0.475. The molecule has 108 valence electrons. The highest BCUT2D eigenvalue weighted by Crippen LogP contribution is 2.37. The third-order valence-electron chi connectivity index (χ3n) is 2.60. The third-order valence-corrected chi connectivity index (χ3v) is 6.25. The number of aromatic hydroxyl groups is 1. The van der Waals surface area contributed by atoms with E-state index < -0.39 is 10.0 Å². The number of phenolic OH excluding ortho intramolecular Hbond substituents is 1. The Morgan fingerprint density at radius 3 is 2.50 bits per heavy atom. The maximum absolute atomic E-state index is 12.6. The predicted molar refractivity (Wildman–Crippen MR) is 82.7 cm³/mol. The lowest BCUT2D eigenvalue weighted by Gasteiger charge is -2.22. The van der Waals surface area contributed by atoms with E-state index in [1.807, 2.05) is 0 Å². The van der Waals surface area contributed by atoms with Crippen LogP contribution in [0.5, 0.6) is 5.75 Å². The molecule has 1 aromatic carbocycles. The zero-order chi connectivity index (χ0) is 14.9. The summed E-state index contributed by atoms with van der Waals surface area (Å²) in [5, 5.41) is 9.49. The van der Waals surface area contributed by atoms with Crippen LogP contribution in [-0.2, 0) is 10.0 Å². The summed E-state index contributed by atoms with van der Waals surface area (Å²) >= 11 is 12.7. The summed E-state index contributed by atoms with van der Waals surface area (Å²) < 4.78 is 26.8. The highest BCUT2D eigenvalue weighted by molar-refractivity contribution is 7.93. The topological polar surface area (TPSA) is 57.6 Å². The first kappa shape index (κ1) is 15.4. The van der Waals surface area contributed by atoms with E-state index in [1.165, 1.54) is 18.2 Å². The van der Waals surface area contributed by atoms with E-state index in [1.54, 1.807) is 19.1 Å². The van der Waals surface area contributed by atoms with E-state index >= 15 is 0 Å². The molecular formula is C12H11Cl2NO3S2. The first-order chi connectivity index (χ1) is 9.36. The second-order valence-corrected chi connectivity index (χ2v) is 7.99. The van der Waals surface area contributed by atoms with Crippen LogP contribution in [0.25, 0.3) is 0 Å². The first-order valence-electron chi connectivity index (χ1n) is 5.63. The number of nitrogens with zero attached hydrogens (tertiary/aromatic N) is 1. The van der Waals surface area contributed by atoms with Crippen LogP contribution >= 0.6 is 34.5 Å². The molecule has 0 aliphatic carbocycles. The maximum atomic E-state index is 12.6. The molecule has 0 radical (unpaired) electrons. The van der Waals surface area contributed by atoms with Crippen LogP contribution < -0.4 is 4.31 Å². The van der Waals surface area contributed by atoms with Gasteiger partial charge in [-0.05, 0) is 25.1 Å². The van der Waals surface area contributed by atoms with Gasteiger partial charge in [-0.1, -0.05) is 29.3 Å². The largest absolute Gasteiger partial charge is 0.508 e. The molecule has 2 aromatic rings. The number of phenols is 1. The summed E-state index contributed by atoms with van der Waals surface area (Å²) in [6.45, 7) is 1.90. The van der Waals surface area contributed by atoms with Gasteiger partial charge in [0.05, 0.1) is 10.0 Å². The van der Waals surface area contributed by atoms with Crippen LogP contribution in [0.2, 0.25) is 8.67 Å². The summed E-state index contributed by atoms with van der Waals surface area (Å²) in [7, 11) is -3.81. The number of hydrogen-bond donors (Lipinski definition) is 1. The molecule has 0 fully saturated rings. The lowest BCUT2D eigenvalue weighted by Crippen LogP contribution is -2.30. The number of thiophene rings is 1. The second kappa shape index (κ2) is 5.81. The fourth-order valence-corrected chi connectivity index (χ4v) is 5.34. The quantitative estimate of drug-likeness (QED) is 0.906. The molecule has 1 heterocycles. The first-order valence-corrected chi connectivity index (χ1v) is 8.64. The number of benzene rings is 1. The molecule has 0 atom stereocenters. The van der Waals surface area contributed by atoms with Crippen molar-refractivity contribution in [2.45, 2.75) is 11.8 Å². The Morgan fingerprint density at radius 1 is 1.30 bits per heavy atom. The van der Waals surface area contributed by atoms with Gasteiger partial charge in [0.15, 0.2) is 0 Å². The van der Waals surface area contributed by atoms with Gasteiger partial charge >= 0.3 is 0 Å². The van der Waals surface area contributed by atoms with Crippen LogP contribution in [0, 0.1) is 0 Å². The van der Waals surface area contributed by atoms with Gasteiger partial charge in [0.2, 0.25) is 0 Å².